The van der Waals surface area contributed by atoms with E-state index in [-0.39, 0.29) is 24.2 Å². The molecule has 1 rings (SSSR count). The van der Waals surface area contributed by atoms with Gasteiger partial charge in [-0.25, -0.2) is 13.1 Å². The minimum absolute atomic E-state index is 0.0525. The van der Waals surface area contributed by atoms with E-state index in [1.807, 2.05) is 0 Å². The SMILES string of the molecule is CC(C)NS(=O)(=O)CCNC(=O)CCC1CCNCC1. The third kappa shape index (κ3) is 7.81. The van der Waals surface area contributed by atoms with Gasteiger partial charge in [-0.15, -0.1) is 0 Å². The van der Waals surface area contributed by atoms with Gasteiger partial charge in [0.1, 0.15) is 0 Å². The summed E-state index contributed by atoms with van der Waals surface area (Å²) in [5.74, 6) is 0.501. The van der Waals surface area contributed by atoms with Gasteiger partial charge < -0.3 is 10.6 Å². The topological polar surface area (TPSA) is 87.3 Å². The number of amides is 1. The molecule has 1 aliphatic heterocycles. The third-order valence-corrected chi connectivity index (χ3v) is 4.92. The van der Waals surface area contributed by atoms with Gasteiger partial charge in [0.05, 0.1) is 5.75 Å². The molecule has 0 aromatic carbocycles. The van der Waals surface area contributed by atoms with E-state index in [9.17, 15) is 13.2 Å². The molecule has 0 unspecified atom stereocenters. The lowest BCUT2D eigenvalue weighted by molar-refractivity contribution is -0.121. The van der Waals surface area contributed by atoms with Crippen molar-refractivity contribution in [3.63, 3.8) is 0 Å². The highest BCUT2D eigenvalue weighted by Crippen LogP contribution is 2.17. The molecule has 1 heterocycles. The van der Waals surface area contributed by atoms with Gasteiger partial charge in [-0.2, -0.15) is 0 Å². The second-order valence-electron chi connectivity index (χ2n) is 5.67. The van der Waals surface area contributed by atoms with Crippen LogP contribution in [0.4, 0.5) is 0 Å². The Kier molecular flexibility index (Phi) is 7.47. The van der Waals surface area contributed by atoms with Crippen LogP contribution in [0.3, 0.4) is 0 Å². The van der Waals surface area contributed by atoms with Gasteiger partial charge in [-0.1, -0.05) is 0 Å². The van der Waals surface area contributed by atoms with Crippen molar-refractivity contribution < 1.29 is 13.2 Å². The van der Waals surface area contributed by atoms with E-state index >= 15 is 0 Å². The molecule has 1 fully saturated rings. The van der Waals surface area contributed by atoms with Crippen LogP contribution < -0.4 is 15.4 Å². The molecule has 1 aliphatic rings. The maximum Gasteiger partial charge on any atom is 0.220 e. The van der Waals surface area contributed by atoms with E-state index < -0.39 is 10.0 Å². The lowest BCUT2D eigenvalue weighted by Gasteiger charge is -2.22. The zero-order valence-corrected chi connectivity index (χ0v) is 13.3. The summed E-state index contributed by atoms with van der Waals surface area (Å²) in [4.78, 5) is 11.7. The van der Waals surface area contributed by atoms with Crippen molar-refractivity contribution in [2.75, 3.05) is 25.4 Å². The van der Waals surface area contributed by atoms with Gasteiger partial charge in [0.2, 0.25) is 15.9 Å². The van der Waals surface area contributed by atoms with Crippen LogP contribution in [0.5, 0.6) is 0 Å². The fourth-order valence-corrected chi connectivity index (χ4v) is 3.54. The van der Waals surface area contributed by atoms with Crippen molar-refractivity contribution >= 4 is 15.9 Å². The first-order chi connectivity index (χ1) is 9.39. The molecule has 1 amide bonds. The lowest BCUT2D eigenvalue weighted by atomic mass is 9.93. The van der Waals surface area contributed by atoms with Crippen molar-refractivity contribution in [3.05, 3.63) is 0 Å². The van der Waals surface area contributed by atoms with Crippen LogP contribution in [0, 0.1) is 5.92 Å². The average Bonchev–Trinajstić information content (AvgIpc) is 2.36. The van der Waals surface area contributed by atoms with Crippen LogP contribution in [0.25, 0.3) is 0 Å². The van der Waals surface area contributed by atoms with Crippen LogP contribution in [-0.4, -0.2) is 45.8 Å². The number of nitrogens with one attached hydrogen (secondary N) is 3. The first kappa shape index (κ1) is 17.4. The Labute approximate surface area is 122 Å². The van der Waals surface area contributed by atoms with Crippen molar-refractivity contribution in [2.24, 2.45) is 5.92 Å². The highest BCUT2D eigenvalue weighted by Gasteiger charge is 2.15. The Balaban J connectivity index is 2.13. The van der Waals surface area contributed by atoms with Crippen LogP contribution in [-0.2, 0) is 14.8 Å². The normalized spacial score (nSPS) is 17.4. The fourth-order valence-electron chi connectivity index (χ4n) is 2.34. The van der Waals surface area contributed by atoms with Crippen molar-refractivity contribution in [3.8, 4) is 0 Å². The van der Waals surface area contributed by atoms with Crippen LogP contribution >= 0.6 is 0 Å². The molecule has 118 valence electrons. The summed E-state index contributed by atoms with van der Waals surface area (Å²) < 4.78 is 25.6. The summed E-state index contributed by atoms with van der Waals surface area (Å²) in [6.07, 6.45) is 3.63. The Morgan fingerprint density at radius 1 is 1.30 bits per heavy atom. The van der Waals surface area contributed by atoms with Gasteiger partial charge in [0.15, 0.2) is 0 Å². The maximum absolute atomic E-state index is 11.7. The molecule has 6 nitrogen and oxygen atoms in total. The highest BCUT2D eigenvalue weighted by atomic mass is 32.2. The minimum atomic E-state index is -3.28. The van der Waals surface area contributed by atoms with Crippen LogP contribution in [0.2, 0.25) is 0 Å². The van der Waals surface area contributed by atoms with Gasteiger partial charge >= 0.3 is 0 Å². The number of hydrogen-bond donors (Lipinski definition) is 3. The van der Waals surface area contributed by atoms with Gasteiger partial charge in [0, 0.05) is 19.0 Å². The summed E-state index contributed by atoms with van der Waals surface area (Å²) in [6.45, 7) is 5.79. The number of hydrogen-bond acceptors (Lipinski definition) is 4. The number of sulfonamides is 1. The molecule has 0 saturated carbocycles. The average molecular weight is 305 g/mol. The summed E-state index contributed by atoms with van der Waals surface area (Å²) in [5.41, 5.74) is 0. The summed E-state index contributed by atoms with van der Waals surface area (Å²) in [6, 6.07) is -0.115. The molecular weight excluding hydrogens is 278 g/mol. The van der Waals surface area contributed by atoms with E-state index in [1.54, 1.807) is 13.8 Å². The van der Waals surface area contributed by atoms with E-state index in [1.165, 1.54) is 0 Å². The summed E-state index contributed by atoms with van der Waals surface area (Å²) in [7, 11) is -3.28. The molecule has 3 N–H and O–H groups in total. The molecule has 0 aromatic rings. The molecule has 0 spiro atoms. The smallest absolute Gasteiger partial charge is 0.220 e. The first-order valence-electron chi connectivity index (χ1n) is 7.36. The predicted octanol–water partition coefficient (Wildman–Crippen LogP) is 0.210. The van der Waals surface area contributed by atoms with E-state index in [4.69, 9.17) is 0 Å². The summed E-state index contributed by atoms with van der Waals surface area (Å²) in [5, 5.41) is 5.97. The fraction of sp³-hybridized carbons (Fsp3) is 0.923. The van der Waals surface area contributed by atoms with Gasteiger partial charge in [0.25, 0.3) is 0 Å². The summed E-state index contributed by atoms with van der Waals surface area (Å²) >= 11 is 0. The zero-order valence-electron chi connectivity index (χ0n) is 12.4. The first-order valence-corrected chi connectivity index (χ1v) is 9.01. The largest absolute Gasteiger partial charge is 0.355 e. The molecular formula is C13H27N3O3S. The second kappa shape index (κ2) is 8.59. The minimum Gasteiger partial charge on any atom is -0.355 e. The number of carbonyl (C=O) groups excluding carboxylic acids is 1. The number of rotatable bonds is 8. The quantitative estimate of drug-likeness (QED) is 0.598. The van der Waals surface area contributed by atoms with Gasteiger partial charge in [-0.3, -0.25) is 4.79 Å². The monoisotopic (exact) mass is 305 g/mol. The van der Waals surface area contributed by atoms with Crippen LogP contribution in [0.15, 0.2) is 0 Å². The Morgan fingerprint density at radius 3 is 2.55 bits per heavy atom. The zero-order chi connectivity index (χ0) is 15.0. The number of piperidine rings is 1. The van der Waals surface area contributed by atoms with Crippen LogP contribution in [0.1, 0.15) is 39.5 Å². The second-order valence-corrected chi connectivity index (χ2v) is 7.55. The third-order valence-electron chi connectivity index (χ3n) is 3.35. The lowest BCUT2D eigenvalue weighted by Crippen LogP contribution is -2.37. The van der Waals surface area contributed by atoms with Crippen molar-refractivity contribution in [1.29, 1.82) is 0 Å². The molecule has 7 heteroatoms. The molecule has 20 heavy (non-hydrogen) atoms. The Hall–Kier alpha value is -0.660. The standard InChI is InChI=1S/C13H27N3O3S/c1-11(2)16-20(18,19)10-9-15-13(17)4-3-12-5-7-14-8-6-12/h11-12,14,16H,3-10H2,1-2H3,(H,15,17). The number of carbonyl (C=O) groups is 1. The molecule has 0 bridgehead atoms. The maximum atomic E-state index is 11.7. The van der Waals surface area contributed by atoms with E-state index in [0.717, 1.165) is 32.4 Å². The van der Waals surface area contributed by atoms with Gasteiger partial charge in [-0.05, 0) is 52.1 Å². The highest BCUT2D eigenvalue weighted by molar-refractivity contribution is 7.89. The molecule has 0 radical (unpaired) electrons. The Morgan fingerprint density at radius 2 is 1.95 bits per heavy atom. The Bertz CT molecular complexity index is 390. The van der Waals surface area contributed by atoms with Crippen molar-refractivity contribution in [2.45, 2.75) is 45.6 Å². The molecule has 0 atom stereocenters. The van der Waals surface area contributed by atoms with Crippen molar-refractivity contribution in [1.82, 2.24) is 15.4 Å². The molecule has 0 aromatic heterocycles. The molecule has 0 aliphatic carbocycles. The molecule has 1 saturated heterocycles. The van der Waals surface area contributed by atoms with E-state index in [0.29, 0.717) is 12.3 Å². The van der Waals surface area contributed by atoms with E-state index in [2.05, 4.69) is 15.4 Å². The predicted molar refractivity (Wildman–Crippen MR) is 79.9 cm³/mol.